The number of hydrogen-bond acceptors (Lipinski definition) is 6. The Morgan fingerprint density at radius 2 is 1.19 bits per heavy atom. The molecule has 90 valence electrons. The molecule has 0 saturated carbocycles. The molecule has 0 amide bonds. The molecule has 16 heavy (non-hydrogen) atoms. The molecule has 1 aromatic carbocycles. The lowest BCUT2D eigenvalue weighted by Gasteiger charge is -2.08. The first kappa shape index (κ1) is 12.7. The molecule has 6 nitrogen and oxygen atoms in total. The van der Waals surface area contributed by atoms with E-state index < -0.39 is 0 Å². The van der Waals surface area contributed by atoms with Gasteiger partial charge in [0.2, 0.25) is 0 Å². The van der Waals surface area contributed by atoms with E-state index >= 15 is 0 Å². The second-order valence-corrected chi connectivity index (χ2v) is 3.04. The zero-order valence-corrected chi connectivity index (χ0v) is 9.11. The smallest absolute Gasteiger partial charge is 0.147 e. The molecule has 0 radical (unpaired) electrons. The fourth-order valence-electron chi connectivity index (χ4n) is 0.962. The van der Waals surface area contributed by atoms with Crippen LogP contribution in [0.3, 0.4) is 0 Å². The van der Waals surface area contributed by atoms with Crippen LogP contribution in [0.2, 0.25) is 0 Å². The van der Waals surface area contributed by atoms with E-state index in [1.807, 2.05) is 0 Å². The first-order valence-electron chi connectivity index (χ1n) is 5.16. The number of rotatable bonds is 8. The summed E-state index contributed by atoms with van der Waals surface area (Å²) < 4.78 is 0. The van der Waals surface area contributed by atoms with Crippen LogP contribution in [-0.2, 0) is 0 Å². The van der Waals surface area contributed by atoms with E-state index in [1.54, 1.807) is 24.3 Å². The minimum Gasteiger partial charge on any atom is -0.409 e. The summed E-state index contributed by atoms with van der Waals surface area (Å²) in [5.74, 6) is 1.42. The van der Waals surface area contributed by atoms with Crippen LogP contribution in [0.25, 0.3) is 0 Å². The van der Waals surface area contributed by atoms with Gasteiger partial charge in [-0.2, -0.15) is 11.0 Å². The van der Waals surface area contributed by atoms with E-state index in [2.05, 4.69) is 11.0 Å². The van der Waals surface area contributed by atoms with Gasteiger partial charge in [0, 0.05) is 26.2 Å². The Balaban J connectivity index is 2.30. The van der Waals surface area contributed by atoms with Gasteiger partial charge < -0.3 is 21.1 Å². The van der Waals surface area contributed by atoms with Crippen molar-refractivity contribution in [1.29, 1.82) is 0 Å². The summed E-state index contributed by atoms with van der Waals surface area (Å²) >= 11 is 0. The van der Waals surface area contributed by atoms with Gasteiger partial charge in [0.25, 0.3) is 0 Å². The predicted octanol–water partition coefficient (Wildman–Crippen LogP) is -0.629. The summed E-state index contributed by atoms with van der Waals surface area (Å²) in [5, 5.41) is 0. The Morgan fingerprint density at radius 3 is 1.50 bits per heavy atom. The first-order chi connectivity index (χ1) is 7.86. The van der Waals surface area contributed by atoms with Gasteiger partial charge in [-0.1, -0.05) is 0 Å². The predicted molar refractivity (Wildman–Crippen MR) is 61.8 cm³/mol. The maximum Gasteiger partial charge on any atom is 0.147 e. The molecule has 0 heterocycles. The highest BCUT2D eigenvalue weighted by Crippen LogP contribution is 2.15. The van der Waals surface area contributed by atoms with Gasteiger partial charge in [-0.05, 0) is 24.3 Å². The molecule has 0 bridgehead atoms. The fourth-order valence-corrected chi connectivity index (χ4v) is 0.962. The third kappa shape index (κ3) is 4.94. The van der Waals surface area contributed by atoms with Crippen molar-refractivity contribution >= 4 is 0 Å². The molecule has 0 aliphatic heterocycles. The van der Waals surface area contributed by atoms with Crippen molar-refractivity contribution in [1.82, 2.24) is 11.0 Å². The lowest BCUT2D eigenvalue weighted by molar-refractivity contribution is 0.193. The average Bonchev–Trinajstić information content (AvgIpc) is 2.32. The maximum atomic E-state index is 5.30. The number of benzene rings is 1. The summed E-state index contributed by atoms with van der Waals surface area (Å²) in [6.07, 6.45) is 0. The van der Waals surface area contributed by atoms with Crippen LogP contribution >= 0.6 is 0 Å². The van der Waals surface area contributed by atoms with E-state index in [0.717, 1.165) is 0 Å². The summed E-state index contributed by atoms with van der Waals surface area (Å²) in [7, 11) is 0. The number of hydrogen-bond donors (Lipinski definition) is 4. The molecule has 1 aromatic rings. The number of nitrogens with two attached hydrogens (primary N) is 2. The van der Waals surface area contributed by atoms with E-state index in [4.69, 9.17) is 21.1 Å². The van der Waals surface area contributed by atoms with Gasteiger partial charge in [0.05, 0.1) is 0 Å². The van der Waals surface area contributed by atoms with Crippen molar-refractivity contribution in [2.45, 2.75) is 0 Å². The highest BCUT2D eigenvalue weighted by Gasteiger charge is 1.96. The van der Waals surface area contributed by atoms with Gasteiger partial charge in [0.1, 0.15) is 11.5 Å². The van der Waals surface area contributed by atoms with Crippen LogP contribution in [0.5, 0.6) is 11.5 Å². The molecular formula is C10H18N4O2. The van der Waals surface area contributed by atoms with Crippen LogP contribution < -0.4 is 32.1 Å². The van der Waals surface area contributed by atoms with Crippen molar-refractivity contribution in [2.75, 3.05) is 26.2 Å². The molecule has 0 fully saturated rings. The van der Waals surface area contributed by atoms with E-state index in [-0.39, 0.29) is 0 Å². The first-order valence-corrected chi connectivity index (χ1v) is 5.16. The highest BCUT2D eigenvalue weighted by atomic mass is 16.7. The molecule has 0 saturated heterocycles. The lowest BCUT2D eigenvalue weighted by atomic mass is 10.3. The summed E-state index contributed by atoms with van der Waals surface area (Å²) in [4.78, 5) is 10.4. The van der Waals surface area contributed by atoms with Crippen molar-refractivity contribution in [3.05, 3.63) is 24.3 Å². The molecule has 6 heteroatoms. The molecule has 1 rings (SSSR count). The van der Waals surface area contributed by atoms with Crippen molar-refractivity contribution < 1.29 is 9.68 Å². The van der Waals surface area contributed by atoms with Crippen LogP contribution in [0.4, 0.5) is 0 Å². The molecular weight excluding hydrogens is 208 g/mol. The van der Waals surface area contributed by atoms with Crippen LogP contribution in [0, 0.1) is 0 Å². The summed E-state index contributed by atoms with van der Waals surface area (Å²) in [6, 6.07) is 7.18. The lowest BCUT2D eigenvalue weighted by Crippen LogP contribution is -2.26. The Hall–Kier alpha value is -1.34. The molecule has 0 aliphatic carbocycles. The monoisotopic (exact) mass is 226 g/mol. The molecule has 0 spiro atoms. The largest absolute Gasteiger partial charge is 0.409 e. The zero-order chi connectivity index (χ0) is 11.6. The Morgan fingerprint density at radius 1 is 0.812 bits per heavy atom. The second kappa shape index (κ2) is 7.89. The highest BCUT2D eigenvalue weighted by molar-refractivity contribution is 5.30. The van der Waals surface area contributed by atoms with E-state index in [0.29, 0.717) is 37.7 Å². The zero-order valence-electron chi connectivity index (χ0n) is 9.11. The van der Waals surface area contributed by atoms with Crippen LogP contribution in [0.1, 0.15) is 0 Å². The second-order valence-electron chi connectivity index (χ2n) is 3.04. The minimum absolute atomic E-state index is 0.532. The molecule has 0 unspecified atom stereocenters. The van der Waals surface area contributed by atoms with E-state index in [9.17, 15) is 0 Å². The quantitative estimate of drug-likeness (QED) is 0.348. The van der Waals surface area contributed by atoms with Gasteiger partial charge in [-0.25, -0.2) is 0 Å². The number of nitrogens with one attached hydrogen (secondary N) is 2. The van der Waals surface area contributed by atoms with Crippen LogP contribution in [0.15, 0.2) is 24.3 Å². The maximum absolute atomic E-state index is 5.30. The normalized spacial score (nSPS) is 10.1. The fraction of sp³-hybridized carbons (Fsp3) is 0.400. The molecule has 6 N–H and O–H groups in total. The summed E-state index contributed by atoms with van der Waals surface area (Å²) in [5.41, 5.74) is 16.1. The molecule has 0 aliphatic rings. The van der Waals surface area contributed by atoms with Gasteiger partial charge >= 0.3 is 0 Å². The van der Waals surface area contributed by atoms with Crippen molar-refractivity contribution in [3.63, 3.8) is 0 Å². The van der Waals surface area contributed by atoms with Crippen LogP contribution in [-0.4, -0.2) is 26.2 Å². The average molecular weight is 226 g/mol. The van der Waals surface area contributed by atoms with Crippen molar-refractivity contribution in [2.24, 2.45) is 11.5 Å². The third-order valence-corrected chi connectivity index (χ3v) is 1.70. The van der Waals surface area contributed by atoms with Gasteiger partial charge in [0.15, 0.2) is 0 Å². The van der Waals surface area contributed by atoms with Crippen molar-refractivity contribution in [3.8, 4) is 11.5 Å². The standard InChI is InChI=1S/C10H18N4O2/c11-5-7-13-15-9-1-2-10(4-3-9)16-14-8-6-12/h1-4,13-14H,5-8,11-12H2. The Bertz CT molecular complexity index is 250. The van der Waals surface area contributed by atoms with E-state index in [1.165, 1.54) is 0 Å². The Labute approximate surface area is 94.8 Å². The Kier molecular flexibility index (Phi) is 6.28. The van der Waals surface area contributed by atoms with Gasteiger partial charge in [-0.15, -0.1) is 0 Å². The molecule has 0 atom stereocenters. The molecule has 0 aromatic heterocycles. The minimum atomic E-state index is 0.532. The van der Waals surface area contributed by atoms with Gasteiger partial charge in [-0.3, -0.25) is 0 Å². The SMILES string of the molecule is NCCNOc1ccc(ONCCN)cc1. The summed E-state index contributed by atoms with van der Waals surface area (Å²) in [6.45, 7) is 2.28. The number of hydroxylamine groups is 2. The topological polar surface area (TPSA) is 94.6 Å². The third-order valence-electron chi connectivity index (χ3n) is 1.70.